The average molecular weight is 283 g/mol. The molecule has 100 valence electrons. The fourth-order valence-electron chi connectivity index (χ4n) is 1.80. The van der Waals surface area contributed by atoms with Gasteiger partial charge in [0, 0.05) is 24.2 Å². The van der Waals surface area contributed by atoms with Crippen molar-refractivity contribution in [3.05, 3.63) is 42.4 Å². The number of benzene rings is 1. The monoisotopic (exact) mass is 283 g/mol. The van der Waals surface area contributed by atoms with Gasteiger partial charge in [0.05, 0.1) is 5.52 Å². The highest BCUT2D eigenvalue weighted by molar-refractivity contribution is 7.99. The highest BCUT2D eigenvalue weighted by atomic mass is 32.2. The molecular weight excluding hydrogens is 270 g/mol. The van der Waals surface area contributed by atoms with E-state index in [1.807, 2.05) is 37.4 Å². The van der Waals surface area contributed by atoms with Gasteiger partial charge in [-0.3, -0.25) is 0 Å². The largest absolute Gasteiger partial charge is 0.357 e. The number of fused-ring (bicyclic) bond motifs is 1. The first-order chi connectivity index (χ1) is 9.78. The fraction of sp³-hybridized carbons (Fsp3) is 0.143. The number of aromatic nitrogens is 4. The van der Waals surface area contributed by atoms with E-state index < -0.39 is 0 Å². The molecule has 0 amide bonds. The Bertz CT molecular complexity index is 754. The number of anilines is 1. The summed E-state index contributed by atoms with van der Waals surface area (Å²) in [5.41, 5.74) is 1.96. The van der Waals surface area contributed by atoms with Crippen molar-refractivity contribution >= 4 is 28.6 Å². The molecule has 0 saturated heterocycles. The maximum Gasteiger partial charge on any atom is 0.223 e. The first-order valence-electron chi connectivity index (χ1n) is 6.17. The van der Waals surface area contributed by atoms with Crippen LogP contribution in [0, 0.1) is 6.92 Å². The Labute approximate surface area is 120 Å². The molecule has 0 atom stereocenters. The van der Waals surface area contributed by atoms with E-state index in [0.29, 0.717) is 5.95 Å². The molecule has 0 spiro atoms. The van der Waals surface area contributed by atoms with Crippen molar-refractivity contribution in [3.63, 3.8) is 0 Å². The summed E-state index contributed by atoms with van der Waals surface area (Å²) in [5.74, 6) is 0.608. The lowest BCUT2D eigenvalue weighted by Gasteiger charge is -2.07. The smallest absolute Gasteiger partial charge is 0.223 e. The van der Waals surface area contributed by atoms with Crippen molar-refractivity contribution in [3.8, 4) is 0 Å². The minimum Gasteiger partial charge on any atom is -0.357 e. The third-order valence-corrected chi connectivity index (χ3v) is 3.97. The summed E-state index contributed by atoms with van der Waals surface area (Å²) in [5, 5.41) is 5.78. The Balaban J connectivity index is 2.05. The minimum absolute atomic E-state index is 0.608. The van der Waals surface area contributed by atoms with Gasteiger partial charge in [0.2, 0.25) is 5.95 Å². The van der Waals surface area contributed by atoms with Crippen LogP contribution in [0.2, 0.25) is 0 Å². The maximum atomic E-state index is 4.47. The van der Waals surface area contributed by atoms with Crippen molar-refractivity contribution in [2.24, 2.45) is 0 Å². The molecule has 1 N–H and O–H groups in total. The number of hydrogen-bond acceptors (Lipinski definition) is 6. The van der Waals surface area contributed by atoms with Crippen molar-refractivity contribution < 1.29 is 0 Å². The van der Waals surface area contributed by atoms with Crippen molar-refractivity contribution in [2.75, 3.05) is 12.4 Å². The summed E-state index contributed by atoms with van der Waals surface area (Å²) in [7, 11) is 1.80. The second-order valence-corrected chi connectivity index (χ2v) is 5.21. The van der Waals surface area contributed by atoms with Crippen LogP contribution < -0.4 is 5.32 Å². The number of aryl methyl sites for hydroxylation is 1. The SMILES string of the molecule is CNc1ncc(C)c(Sc2ncnc3ccccc23)n1. The maximum absolute atomic E-state index is 4.47. The Kier molecular flexibility index (Phi) is 3.47. The molecule has 1 aromatic carbocycles. The first-order valence-corrected chi connectivity index (χ1v) is 6.98. The van der Waals surface area contributed by atoms with Crippen LogP contribution in [0.25, 0.3) is 10.9 Å². The van der Waals surface area contributed by atoms with Gasteiger partial charge >= 0.3 is 0 Å². The summed E-state index contributed by atoms with van der Waals surface area (Å²) in [6.07, 6.45) is 3.39. The van der Waals surface area contributed by atoms with Gasteiger partial charge in [0.25, 0.3) is 0 Å². The molecule has 5 nitrogen and oxygen atoms in total. The van der Waals surface area contributed by atoms with E-state index in [-0.39, 0.29) is 0 Å². The van der Waals surface area contributed by atoms with E-state index in [4.69, 9.17) is 0 Å². The van der Waals surface area contributed by atoms with Crippen molar-refractivity contribution in [1.29, 1.82) is 0 Å². The van der Waals surface area contributed by atoms with Crippen LogP contribution in [-0.4, -0.2) is 27.0 Å². The zero-order valence-electron chi connectivity index (χ0n) is 11.2. The molecule has 0 saturated carbocycles. The molecule has 2 heterocycles. The predicted octanol–water partition coefficient (Wildman–Crippen LogP) is 2.92. The zero-order chi connectivity index (χ0) is 13.9. The van der Waals surface area contributed by atoms with E-state index >= 15 is 0 Å². The Morgan fingerprint density at radius 2 is 1.90 bits per heavy atom. The van der Waals surface area contributed by atoms with Crippen LogP contribution >= 0.6 is 11.8 Å². The number of nitrogens with zero attached hydrogens (tertiary/aromatic N) is 4. The van der Waals surface area contributed by atoms with Crippen molar-refractivity contribution in [2.45, 2.75) is 17.0 Å². The molecule has 0 fully saturated rings. The lowest BCUT2D eigenvalue weighted by atomic mass is 10.2. The molecule has 3 aromatic rings. The highest BCUT2D eigenvalue weighted by Crippen LogP contribution is 2.31. The third kappa shape index (κ3) is 2.42. The molecule has 2 aromatic heterocycles. The molecule has 3 rings (SSSR count). The normalized spacial score (nSPS) is 10.7. The van der Waals surface area contributed by atoms with Gasteiger partial charge in [-0.15, -0.1) is 0 Å². The van der Waals surface area contributed by atoms with Gasteiger partial charge in [-0.05, 0) is 24.8 Å². The van der Waals surface area contributed by atoms with E-state index in [1.54, 1.807) is 13.4 Å². The van der Waals surface area contributed by atoms with Gasteiger partial charge in [-0.1, -0.05) is 18.2 Å². The van der Waals surface area contributed by atoms with Gasteiger partial charge < -0.3 is 5.32 Å². The Morgan fingerprint density at radius 1 is 1.05 bits per heavy atom. The van der Waals surface area contributed by atoms with Gasteiger partial charge in [-0.2, -0.15) is 0 Å². The molecule has 0 aliphatic rings. The van der Waals surface area contributed by atoms with Crippen LogP contribution in [0.4, 0.5) is 5.95 Å². The van der Waals surface area contributed by atoms with E-state index in [0.717, 1.165) is 26.5 Å². The lowest BCUT2D eigenvalue weighted by molar-refractivity contribution is 0.998. The topological polar surface area (TPSA) is 63.6 Å². The molecule has 0 bridgehead atoms. The van der Waals surface area contributed by atoms with Crippen LogP contribution in [0.15, 0.2) is 46.8 Å². The van der Waals surface area contributed by atoms with Gasteiger partial charge in [0.1, 0.15) is 16.4 Å². The fourth-order valence-corrected chi connectivity index (χ4v) is 2.71. The predicted molar refractivity (Wildman–Crippen MR) is 80.0 cm³/mol. The minimum atomic E-state index is 0.608. The average Bonchev–Trinajstić information content (AvgIpc) is 2.50. The first kappa shape index (κ1) is 12.8. The number of para-hydroxylation sites is 1. The quantitative estimate of drug-likeness (QED) is 0.746. The lowest BCUT2D eigenvalue weighted by Crippen LogP contribution is -1.98. The van der Waals surface area contributed by atoms with Crippen molar-refractivity contribution in [1.82, 2.24) is 19.9 Å². The second-order valence-electron chi connectivity index (χ2n) is 4.23. The third-order valence-electron chi connectivity index (χ3n) is 2.85. The standard InChI is InChI=1S/C14H13N5S/c1-9-7-16-14(15-2)19-12(9)20-13-10-5-3-4-6-11(10)17-8-18-13/h3-8H,1-2H3,(H,15,16,19). The highest BCUT2D eigenvalue weighted by Gasteiger charge is 2.09. The van der Waals surface area contributed by atoms with Gasteiger partial charge in [0.15, 0.2) is 0 Å². The molecule has 0 aliphatic heterocycles. The Hall–Kier alpha value is -2.21. The molecule has 6 heteroatoms. The second kappa shape index (κ2) is 5.42. The summed E-state index contributed by atoms with van der Waals surface area (Å²) in [6.45, 7) is 1.99. The summed E-state index contributed by atoms with van der Waals surface area (Å²) in [6, 6.07) is 7.96. The molecule has 0 aliphatic carbocycles. The number of nitrogens with one attached hydrogen (secondary N) is 1. The molecule has 0 radical (unpaired) electrons. The summed E-state index contributed by atoms with van der Waals surface area (Å²) in [4.78, 5) is 17.3. The van der Waals surface area contributed by atoms with Crippen LogP contribution in [0.5, 0.6) is 0 Å². The summed E-state index contributed by atoms with van der Waals surface area (Å²) < 4.78 is 0. The summed E-state index contributed by atoms with van der Waals surface area (Å²) >= 11 is 1.53. The van der Waals surface area contributed by atoms with Gasteiger partial charge in [-0.25, -0.2) is 19.9 Å². The van der Waals surface area contributed by atoms with E-state index in [9.17, 15) is 0 Å². The van der Waals surface area contributed by atoms with E-state index in [1.165, 1.54) is 11.8 Å². The van der Waals surface area contributed by atoms with Crippen LogP contribution in [-0.2, 0) is 0 Å². The molecular formula is C14H13N5S. The van der Waals surface area contributed by atoms with Crippen LogP contribution in [0.3, 0.4) is 0 Å². The molecule has 20 heavy (non-hydrogen) atoms. The van der Waals surface area contributed by atoms with Crippen LogP contribution in [0.1, 0.15) is 5.56 Å². The molecule has 0 unspecified atom stereocenters. The number of hydrogen-bond donors (Lipinski definition) is 1. The van der Waals surface area contributed by atoms with E-state index in [2.05, 4.69) is 25.3 Å². The number of rotatable bonds is 3. The Morgan fingerprint density at radius 3 is 2.75 bits per heavy atom. The zero-order valence-corrected chi connectivity index (χ0v) is 12.0.